The Labute approximate surface area is 150 Å². The monoisotopic (exact) mass is 366 g/mol. The number of rotatable bonds is 6. The van der Waals surface area contributed by atoms with Gasteiger partial charge in [0.25, 0.3) is 5.91 Å². The third-order valence-corrected chi connectivity index (χ3v) is 4.38. The second-order valence-electron chi connectivity index (χ2n) is 5.94. The molecule has 0 aliphatic carbocycles. The Morgan fingerprint density at radius 2 is 1.96 bits per heavy atom. The zero-order chi connectivity index (χ0) is 17.7. The molecule has 1 N–H and O–H groups in total. The van der Waals surface area contributed by atoms with E-state index in [9.17, 15) is 9.59 Å². The summed E-state index contributed by atoms with van der Waals surface area (Å²) < 4.78 is 3.71. The van der Waals surface area contributed by atoms with Gasteiger partial charge in [-0.05, 0) is 56.1 Å². The van der Waals surface area contributed by atoms with E-state index in [1.807, 2.05) is 20.8 Å². The van der Waals surface area contributed by atoms with Crippen LogP contribution in [0.4, 0.5) is 5.69 Å². The molecule has 1 aromatic heterocycles. The minimum atomic E-state index is -0.379. The van der Waals surface area contributed by atoms with E-state index in [0.29, 0.717) is 10.7 Å². The van der Waals surface area contributed by atoms with Gasteiger partial charge < -0.3 is 5.32 Å². The molecule has 1 aromatic carbocycles. The smallest absolute Gasteiger partial charge is 0.280 e. The molecule has 0 saturated carbocycles. The van der Waals surface area contributed by atoms with E-state index >= 15 is 0 Å². The van der Waals surface area contributed by atoms with E-state index in [4.69, 9.17) is 11.6 Å². The number of anilines is 1. The highest BCUT2D eigenvalue weighted by Gasteiger charge is 2.25. The first-order valence-corrected chi connectivity index (χ1v) is 8.69. The molecule has 6 nitrogen and oxygen atoms in total. The average Bonchev–Trinajstić information content (AvgIpc) is 3.07. The maximum Gasteiger partial charge on any atom is 0.280 e. The summed E-state index contributed by atoms with van der Waals surface area (Å²) in [4.78, 5) is 26.4. The van der Waals surface area contributed by atoms with Crippen molar-refractivity contribution in [1.82, 2.24) is 14.9 Å². The summed E-state index contributed by atoms with van der Waals surface area (Å²) in [5, 5.41) is 8.83. The van der Waals surface area contributed by atoms with E-state index < -0.39 is 0 Å². The van der Waals surface area contributed by atoms with Crippen LogP contribution in [0.3, 0.4) is 0 Å². The molecule has 24 heavy (non-hydrogen) atoms. The molecule has 128 valence electrons. The number of aromatic nitrogens is 2. The number of carbonyl (C=O) groups is 2. The topological polar surface area (TPSA) is 75.2 Å². The molecule has 2 amide bonds. The standard InChI is InChI=1S/C16H19ClN4O2S/c1-4-16(2,3)18-14(22)9-21(12-7-5-11(17)6-8-12)15(23)13-10-24-20-19-13/h5-8,10H,4,9H2,1-3H3,(H,18,22). The van der Waals surface area contributed by atoms with Crippen LogP contribution in [0.1, 0.15) is 37.7 Å². The molecule has 1 heterocycles. The molecule has 2 aromatic rings. The molecule has 0 radical (unpaired) electrons. The molecule has 0 aliphatic rings. The molecule has 0 aliphatic heterocycles. The number of carbonyl (C=O) groups excluding carboxylic acids is 2. The second-order valence-corrected chi connectivity index (χ2v) is 6.99. The zero-order valence-electron chi connectivity index (χ0n) is 13.7. The van der Waals surface area contributed by atoms with E-state index in [2.05, 4.69) is 14.9 Å². The van der Waals surface area contributed by atoms with Gasteiger partial charge in [0.2, 0.25) is 5.91 Å². The summed E-state index contributed by atoms with van der Waals surface area (Å²) in [5.41, 5.74) is 0.438. The van der Waals surface area contributed by atoms with Crippen molar-refractivity contribution in [2.24, 2.45) is 0 Å². The van der Waals surface area contributed by atoms with Crippen LogP contribution < -0.4 is 10.2 Å². The summed E-state index contributed by atoms with van der Waals surface area (Å²) in [6, 6.07) is 6.73. The lowest BCUT2D eigenvalue weighted by atomic mass is 10.0. The Morgan fingerprint density at radius 3 is 2.50 bits per heavy atom. The zero-order valence-corrected chi connectivity index (χ0v) is 15.3. The van der Waals surface area contributed by atoms with E-state index in [1.165, 1.54) is 4.90 Å². The summed E-state index contributed by atoms with van der Waals surface area (Å²) in [6.07, 6.45) is 0.781. The van der Waals surface area contributed by atoms with Crippen LogP contribution in [0.15, 0.2) is 29.6 Å². The van der Waals surface area contributed by atoms with Crippen LogP contribution in [0, 0.1) is 0 Å². The number of nitrogens with zero attached hydrogens (tertiary/aromatic N) is 3. The molecule has 0 bridgehead atoms. The molecule has 2 rings (SSSR count). The number of amides is 2. The Balaban J connectivity index is 2.24. The third kappa shape index (κ3) is 4.75. The molecule has 0 atom stereocenters. The SMILES string of the molecule is CCC(C)(C)NC(=O)CN(C(=O)c1csnn1)c1ccc(Cl)cc1. The van der Waals surface area contributed by atoms with Gasteiger partial charge >= 0.3 is 0 Å². The fraction of sp³-hybridized carbons (Fsp3) is 0.375. The first-order valence-electron chi connectivity index (χ1n) is 7.48. The lowest BCUT2D eigenvalue weighted by Crippen LogP contribution is -2.48. The molecular formula is C16H19ClN4O2S. The highest BCUT2D eigenvalue weighted by Crippen LogP contribution is 2.20. The van der Waals surface area contributed by atoms with Crippen LogP contribution in [0.25, 0.3) is 0 Å². The lowest BCUT2D eigenvalue weighted by molar-refractivity contribution is -0.121. The Morgan fingerprint density at radius 1 is 1.29 bits per heavy atom. The first-order chi connectivity index (χ1) is 11.3. The minimum Gasteiger partial charge on any atom is -0.350 e. The summed E-state index contributed by atoms with van der Waals surface area (Å²) in [5.74, 6) is -0.621. The van der Waals surface area contributed by atoms with E-state index in [1.54, 1.807) is 29.6 Å². The summed E-state index contributed by atoms with van der Waals surface area (Å²) in [6.45, 7) is 5.75. The number of halogens is 1. The molecule has 0 spiro atoms. The molecule has 0 saturated heterocycles. The van der Waals surface area contributed by atoms with Crippen molar-refractivity contribution < 1.29 is 9.59 Å². The van der Waals surface area contributed by atoms with Crippen LogP contribution in [0.2, 0.25) is 5.02 Å². The predicted molar refractivity (Wildman–Crippen MR) is 95.6 cm³/mol. The van der Waals surface area contributed by atoms with Gasteiger partial charge in [-0.3, -0.25) is 14.5 Å². The molecule has 0 unspecified atom stereocenters. The van der Waals surface area contributed by atoms with Crippen LogP contribution >= 0.6 is 23.1 Å². The fourth-order valence-corrected chi connectivity index (χ4v) is 2.50. The Hall–Kier alpha value is -1.99. The first kappa shape index (κ1) is 18.4. The van der Waals surface area contributed by atoms with Crippen molar-refractivity contribution in [3.8, 4) is 0 Å². The Bertz CT molecular complexity index is 701. The highest BCUT2D eigenvalue weighted by molar-refractivity contribution is 7.03. The summed E-state index contributed by atoms with van der Waals surface area (Å²) in [7, 11) is 0. The Kier molecular flexibility index (Phi) is 5.90. The molecule has 8 heteroatoms. The van der Waals surface area contributed by atoms with Crippen LogP contribution in [0.5, 0.6) is 0 Å². The number of benzene rings is 1. The van der Waals surface area contributed by atoms with Gasteiger partial charge in [0.15, 0.2) is 5.69 Å². The van der Waals surface area contributed by atoms with Gasteiger partial charge in [-0.2, -0.15) is 0 Å². The number of hydrogen-bond acceptors (Lipinski definition) is 5. The van der Waals surface area contributed by atoms with Crippen molar-refractivity contribution >= 4 is 40.6 Å². The van der Waals surface area contributed by atoms with Gasteiger partial charge in [-0.15, -0.1) is 5.10 Å². The van der Waals surface area contributed by atoms with Crippen molar-refractivity contribution in [3.63, 3.8) is 0 Å². The van der Waals surface area contributed by atoms with Crippen molar-refractivity contribution in [3.05, 3.63) is 40.4 Å². The number of nitrogens with one attached hydrogen (secondary N) is 1. The van der Waals surface area contributed by atoms with Crippen molar-refractivity contribution in [1.29, 1.82) is 0 Å². The molecular weight excluding hydrogens is 348 g/mol. The number of hydrogen-bond donors (Lipinski definition) is 1. The average molecular weight is 367 g/mol. The highest BCUT2D eigenvalue weighted by atomic mass is 35.5. The van der Waals surface area contributed by atoms with Crippen molar-refractivity contribution in [2.75, 3.05) is 11.4 Å². The summed E-state index contributed by atoms with van der Waals surface area (Å²) >= 11 is 6.99. The minimum absolute atomic E-state index is 0.110. The van der Waals surface area contributed by atoms with E-state index in [-0.39, 0.29) is 29.6 Å². The van der Waals surface area contributed by atoms with Crippen LogP contribution in [-0.2, 0) is 4.79 Å². The maximum atomic E-state index is 12.7. The van der Waals surface area contributed by atoms with Gasteiger partial charge in [0.05, 0.1) is 0 Å². The quantitative estimate of drug-likeness (QED) is 0.852. The lowest BCUT2D eigenvalue weighted by Gasteiger charge is -2.27. The normalized spacial score (nSPS) is 11.2. The van der Waals surface area contributed by atoms with Crippen LogP contribution in [-0.4, -0.2) is 33.5 Å². The molecule has 0 fully saturated rings. The largest absolute Gasteiger partial charge is 0.350 e. The van der Waals surface area contributed by atoms with E-state index in [0.717, 1.165) is 18.0 Å². The van der Waals surface area contributed by atoms with Gasteiger partial charge in [-0.25, -0.2) is 0 Å². The van der Waals surface area contributed by atoms with Gasteiger partial charge in [0, 0.05) is 21.6 Å². The fourth-order valence-electron chi connectivity index (χ4n) is 1.95. The van der Waals surface area contributed by atoms with Gasteiger partial charge in [-0.1, -0.05) is 23.0 Å². The van der Waals surface area contributed by atoms with Gasteiger partial charge in [0.1, 0.15) is 6.54 Å². The second kappa shape index (κ2) is 7.72. The third-order valence-electron chi connectivity index (χ3n) is 3.63. The maximum absolute atomic E-state index is 12.7. The van der Waals surface area contributed by atoms with Crippen molar-refractivity contribution in [2.45, 2.75) is 32.7 Å². The predicted octanol–water partition coefficient (Wildman–Crippen LogP) is 3.14.